The fourth-order valence-corrected chi connectivity index (χ4v) is 2.63. The number of carbonyl (C=O) groups is 1. The van der Waals surface area contributed by atoms with Crippen molar-refractivity contribution >= 4 is 41.5 Å². The van der Waals surface area contributed by atoms with Crippen molar-refractivity contribution in [3.63, 3.8) is 0 Å². The third kappa shape index (κ3) is 6.72. The molecule has 0 spiro atoms. The zero-order chi connectivity index (χ0) is 18.1. The van der Waals surface area contributed by atoms with Gasteiger partial charge in [-0.25, -0.2) is 0 Å². The first-order chi connectivity index (χ1) is 12.2. The molecule has 1 aromatic heterocycles. The van der Waals surface area contributed by atoms with Crippen molar-refractivity contribution in [1.82, 2.24) is 20.0 Å². The SMILES string of the molecule is CN=C(NCCCOCCOC)N1CCN(c2cnn(C)c2)C(=O)C1.I. The number of nitrogens with zero attached hydrogens (tertiary/aromatic N) is 5. The summed E-state index contributed by atoms with van der Waals surface area (Å²) in [5.41, 5.74) is 0.836. The molecule has 1 N–H and O–H groups in total. The fraction of sp³-hybridized carbons (Fsp3) is 0.688. The van der Waals surface area contributed by atoms with Gasteiger partial charge in [-0.15, -0.1) is 24.0 Å². The number of guanidine groups is 1. The minimum atomic E-state index is 0. The highest BCUT2D eigenvalue weighted by Crippen LogP contribution is 2.15. The van der Waals surface area contributed by atoms with E-state index >= 15 is 0 Å². The van der Waals surface area contributed by atoms with Crippen molar-refractivity contribution in [2.75, 3.05) is 65.1 Å². The lowest BCUT2D eigenvalue weighted by atomic mass is 10.3. The Bertz CT molecular complexity index is 580. The molecule has 148 valence electrons. The van der Waals surface area contributed by atoms with Crippen LogP contribution in [0.25, 0.3) is 0 Å². The Labute approximate surface area is 171 Å². The molecule has 26 heavy (non-hydrogen) atoms. The third-order valence-corrected chi connectivity index (χ3v) is 3.92. The van der Waals surface area contributed by atoms with Gasteiger partial charge in [0.05, 0.1) is 25.1 Å². The Morgan fingerprint density at radius 2 is 2.15 bits per heavy atom. The van der Waals surface area contributed by atoms with Crippen LogP contribution in [-0.4, -0.2) is 86.7 Å². The Balaban J connectivity index is 0.00000338. The molecule has 1 aromatic rings. The number of rotatable bonds is 8. The van der Waals surface area contributed by atoms with E-state index in [1.54, 1.807) is 29.9 Å². The molecule has 0 saturated carbocycles. The first-order valence-corrected chi connectivity index (χ1v) is 8.47. The summed E-state index contributed by atoms with van der Waals surface area (Å²) in [6, 6.07) is 0. The van der Waals surface area contributed by atoms with Crippen LogP contribution < -0.4 is 10.2 Å². The number of nitrogens with one attached hydrogen (secondary N) is 1. The maximum atomic E-state index is 12.4. The predicted octanol–water partition coefficient (Wildman–Crippen LogP) is 0.315. The highest BCUT2D eigenvalue weighted by atomic mass is 127. The van der Waals surface area contributed by atoms with Gasteiger partial charge in [0.15, 0.2) is 5.96 Å². The molecule has 9 nitrogen and oxygen atoms in total. The third-order valence-electron chi connectivity index (χ3n) is 3.92. The Morgan fingerprint density at radius 3 is 2.77 bits per heavy atom. The Hall–Kier alpha value is -1.40. The van der Waals surface area contributed by atoms with Gasteiger partial charge < -0.3 is 24.6 Å². The number of anilines is 1. The van der Waals surface area contributed by atoms with E-state index in [0.29, 0.717) is 32.9 Å². The number of aromatic nitrogens is 2. The molecule has 10 heteroatoms. The quantitative estimate of drug-likeness (QED) is 0.250. The van der Waals surface area contributed by atoms with E-state index in [0.717, 1.165) is 31.2 Å². The molecule has 1 aliphatic rings. The van der Waals surface area contributed by atoms with Crippen LogP contribution in [0, 0.1) is 0 Å². The van der Waals surface area contributed by atoms with Gasteiger partial charge in [0.25, 0.3) is 0 Å². The van der Waals surface area contributed by atoms with Crippen LogP contribution in [-0.2, 0) is 21.3 Å². The summed E-state index contributed by atoms with van der Waals surface area (Å²) in [6.07, 6.45) is 4.43. The van der Waals surface area contributed by atoms with Gasteiger partial charge in [-0.1, -0.05) is 0 Å². The number of carbonyl (C=O) groups excluding carboxylic acids is 1. The van der Waals surface area contributed by atoms with Crippen molar-refractivity contribution in [3.8, 4) is 0 Å². The smallest absolute Gasteiger partial charge is 0.246 e. The molecule has 0 radical (unpaired) electrons. The van der Waals surface area contributed by atoms with Gasteiger partial charge in [0.2, 0.25) is 5.91 Å². The van der Waals surface area contributed by atoms with Crippen molar-refractivity contribution in [2.45, 2.75) is 6.42 Å². The first kappa shape index (κ1) is 22.6. The molecule has 2 rings (SSSR count). The molecular weight excluding hydrogens is 451 g/mol. The van der Waals surface area contributed by atoms with E-state index in [2.05, 4.69) is 15.4 Å². The van der Waals surface area contributed by atoms with Crippen LogP contribution in [0.15, 0.2) is 17.4 Å². The van der Waals surface area contributed by atoms with Gasteiger partial charge >= 0.3 is 0 Å². The van der Waals surface area contributed by atoms with Gasteiger partial charge in [0.1, 0.15) is 6.54 Å². The lowest BCUT2D eigenvalue weighted by molar-refractivity contribution is -0.120. The molecular formula is C16H29IN6O3. The second-order valence-corrected chi connectivity index (χ2v) is 5.77. The lowest BCUT2D eigenvalue weighted by Crippen LogP contribution is -2.55. The van der Waals surface area contributed by atoms with E-state index in [4.69, 9.17) is 9.47 Å². The maximum Gasteiger partial charge on any atom is 0.246 e. The second-order valence-electron chi connectivity index (χ2n) is 5.77. The van der Waals surface area contributed by atoms with Crippen molar-refractivity contribution in [2.24, 2.45) is 12.0 Å². The van der Waals surface area contributed by atoms with E-state index in [9.17, 15) is 4.79 Å². The number of hydrogen-bond acceptors (Lipinski definition) is 5. The highest BCUT2D eigenvalue weighted by molar-refractivity contribution is 14.0. The monoisotopic (exact) mass is 480 g/mol. The minimum absolute atomic E-state index is 0. The lowest BCUT2D eigenvalue weighted by Gasteiger charge is -2.35. The van der Waals surface area contributed by atoms with Gasteiger partial charge in [-0.05, 0) is 6.42 Å². The maximum absolute atomic E-state index is 12.4. The predicted molar refractivity (Wildman–Crippen MR) is 111 cm³/mol. The normalized spacial score (nSPS) is 15.2. The molecule has 1 amide bonds. The topological polar surface area (TPSA) is 84.2 Å². The molecule has 1 fully saturated rings. The van der Waals surface area contributed by atoms with Crippen LogP contribution in [0.5, 0.6) is 0 Å². The van der Waals surface area contributed by atoms with E-state index < -0.39 is 0 Å². The molecule has 0 aliphatic carbocycles. The molecule has 2 heterocycles. The number of halogens is 1. The molecule has 0 unspecified atom stereocenters. The molecule has 1 aliphatic heterocycles. The van der Waals surface area contributed by atoms with Crippen molar-refractivity contribution in [1.29, 1.82) is 0 Å². The van der Waals surface area contributed by atoms with Crippen LogP contribution in [0.2, 0.25) is 0 Å². The zero-order valence-corrected chi connectivity index (χ0v) is 18.0. The summed E-state index contributed by atoms with van der Waals surface area (Å²) in [5, 5.41) is 7.41. The molecule has 0 bridgehead atoms. The van der Waals surface area contributed by atoms with Crippen LogP contribution in [0.3, 0.4) is 0 Å². The summed E-state index contributed by atoms with van der Waals surface area (Å²) in [6.45, 7) is 4.28. The summed E-state index contributed by atoms with van der Waals surface area (Å²) in [5.74, 6) is 0.793. The second kappa shape index (κ2) is 12.1. The Morgan fingerprint density at radius 1 is 1.35 bits per heavy atom. The van der Waals surface area contributed by atoms with Crippen molar-refractivity contribution in [3.05, 3.63) is 12.4 Å². The van der Waals surface area contributed by atoms with E-state index in [-0.39, 0.29) is 29.9 Å². The van der Waals surface area contributed by atoms with Crippen LogP contribution in [0.1, 0.15) is 6.42 Å². The number of hydrogen-bond donors (Lipinski definition) is 1. The summed E-state index contributed by atoms with van der Waals surface area (Å²) in [4.78, 5) is 20.5. The number of amides is 1. The Kier molecular flexibility index (Phi) is 10.5. The number of piperazine rings is 1. The minimum Gasteiger partial charge on any atom is -0.382 e. The number of aliphatic imine (C=N–C) groups is 1. The summed E-state index contributed by atoms with van der Waals surface area (Å²) >= 11 is 0. The summed E-state index contributed by atoms with van der Waals surface area (Å²) < 4.78 is 12.1. The zero-order valence-electron chi connectivity index (χ0n) is 15.7. The van der Waals surface area contributed by atoms with Crippen LogP contribution >= 0.6 is 24.0 Å². The van der Waals surface area contributed by atoms with Crippen LogP contribution in [0.4, 0.5) is 5.69 Å². The molecule has 0 atom stereocenters. The highest BCUT2D eigenvalue weighted by Gasteiger charge is 2.27. The molecule has 0 aromatic carbocycles. The van der Waals surface area contributed by atoms with Gasteiger partial charge in [0, 0.05) is 53.6 Å². The number of aryl methyl sites for hydroxylation is 1. The summed E-state index contributed by atoms with van der Waals surface area (Å²) in [7, 11) is 5.23. The first-order valence-electron chi connectivity index (χ1n) is 8.47. The standard InChI is InChI=1S/C16H28N6O3.HI/c1-17-16(18-5-4-8-25-10-9-24-3)21-6-7-22(15(23)13-21)14-11-19-20(2)12-14;/h11-12H,4-10,13H2,1-3H3,(H,17,18);1H. The average Bonchev–Trinajstić information content (AvgIpc) is 3.03. The van der Waals surface area contributed by atoms with Gasteiger partial charge in [-0.3, -0.25) is 14.5 Å². The average molecular weight is 480 g/mol. The largest absolute Gasteiger partial charge is 0.382 e. The van der Waals surface area contributed by atoms with E-state index in [1.807, 2.05) is 18.1 Å². The number of methoxy groups -OCH3 is 1. The van der Waals surface area contributed by atoms with Crippen molar-refractivity contribution < 1.29 is 14.3 Å². The van der Waals surface area contributed by atoms with E-state index in [1.165, 1.54) is 0 Å². The number of ether oxygens (including phenoxy) is 2. The fourth-order valence-electron chi connectivity index (χ4n) is 2.63. The molecule has 1 saturated heterocycles. The van der Waals surface area contributed by atoms with Gasteiger partial charge in [-0.2, -0.15) is 5.10 Å².